The van der Waals surface area contributed by atoms with Crippen LogP contribution < -0.4 is 0 Å². The summed E-state index contributed by atoms with van der Waals surface area (Å²) >= 11 is 0. The van der Waals surface area contributed by atoms with Crippen molar-refractivity contribution >= 4 is 5.78 Å². The molecule has 1 saturated heterocycles. The average molecular weight is 219 g/mol. The second-order valence-electron chi connectivity index (χ2n) is 4.27. The molecule has 3 heteroatoms. The number of aromatic hydroxyl groups is 1. The van der Waals surface area contributed by atoms with E-state index in [1.165, 1.54) is 12.8 Å². The number of phenols is 1. The highest BCUT2D eigenvalue weighted by Gasteiger charge is 2.13. The number of phenolic OH excluding ortho intramolecular Hbond substituents is 1. The SMILES string of the molecule is O=C(CCN1CCCC1)c1ccc(O)cc1. The van der Waals surface area contributed by atoms with Crippen LogP contribution >= 0.6 is 0 Å². The van der Waals surface area contributed by atoms with E-state index in [9.17, 15) is 4.79 Å². The van der Waals surface area contributed by atoms with Gasteiger partial charge in [-0.1, -0.05) is 0 Å². The Balaban J connectivity index is 1.85. The summed E-state index contributed by atoms with van der Waals surface area (Å²) in [4.78, 5) is 14.1. The minimum Gasteiger partial charge on any atom is -0.508 e. The van der Waals surface area contributed by atoms with Gasteiger partial charge in [0.05, 0.1) is 0 Å². The highest BCUT2D eigenvalue weighted by molar-refractivity contribution is 5.96. The van der Waals surface area contributed by atoms with Gasteiger partial charge < -0.3 is 10.0 Å². The van der Waals surface area contributed by atoms with Crippen molar-refractivity contribution in [2.24, 2.45) is 0 Å². The van der Waals surface area contributed by atoms with Crippen LogP contribution in [0.15, 0.2) is 24.3 Å². The monoisotopic (exact) mass is 219 g/mol. The van der Waals surface area contributed by atoms with Gasteiger partial charge in [-0.15, -0.1) is 0 Å². The first-order valence-electron chi connectivity index (χ1n) is 5.80. The topological polar surface area (TPSA) is 40.5 Å². The van der Waals surface area contributed by atoms with Crippen LogP contribution in [0.5, 0.6) is 5.75 Å². The third-order valence-electron chi connectivity index (χ3n) is 3.04. The van der Waals surface area contributed by atoms with Gasteiger partial charge in [0.25, 0.3) is 0 Å². The maximum atomic E-state index is 11.8. The molecule has 0 bridgehead atoms. The summed E-state index contributed by atoms with van der Waals surface area (Å²) in [6.45, 7) is 3.12. The van der Waals surface area contributed by atoms with Crippen molar-refractivity contribution < 1.29 is 9.90 Å². The van der Waals surface area contributed by atoms with E-state index in [0.29, 0.717) is 12.0 Å². The molecule has 1 aliphatic rings. The third-order valence-corrected chi connectivity index (χ3v) is 3.04. The van der Waals surface area contributed by atoms with Gasteiger partial charge in [0, 0.05) is 18.5 Å². The summed E-state index contributed by atoms with van der Waals surface area (Å²) in [5, 5.41) is 9.12. The Hall–Kier alpha value is -1.35. The number of hydrogen-bond acceptors (Lipinski definition) is 3. The van der Waals surface area contributed by atoms with Crippen LogP contribution in [-0.2, 0) is 0 Å². The summed E-state index contributed by atoms with van der Waals surface area (Å²) in [6, 6.07) is 6.48. The first-order chi connectivity index (χ1) is 7.75. The molecule has 16 heavy (non-hydrogen) atoms. The number of carbonyl (C=O) groups is 1. The molecule has 0 saturated carbocycles. The normalized spacial score (nSPS) is 16.5. The molecular weight excluding hydrogens is 202 g/mol. The lowest BCUT2D eigenvalue weighted by atomic mass is 10.1. The number of rotatable bonds is 4. The smallest absolute Gasteiger partial charge is 0.164 e. The molecule has 1 aliphatic heterocycles. The van der Waals surface area contributed by atoms with E-state index in [1.807, 2.05) is 0 Å². The molecule has 1 heterocycles. The zero-order valence-corrected chi connectivity index (χ0v) is 9.35. The maximum Gasteiger partial charge on any atom is 0.164 e. The van der Waals surface area contributed by atoms with E-state index in [0.717, 1.165) is 19.6 Å². The molecule has 1 fully saturated rings. The standard InChI is InChI=1S/C13H17NO2/c15-12-5-3-11(4-6-12)13(16)7-10-14-8-1-2-9-14/h3-6,15H,1-2,7-10H2. The van der Waals surface area contributed by atoms with Crippen LogP contribution in [0.25, 0.3) is 0 Å². The van der Waals surface area contributed by atoms with E-state index in [1.54, 1.807) is 24.3 Å². The fourth-order valence-electron chi connectivity index (χ4n) is 2.06. The molecule has 2 rings (SSSR count). The second kappa shape index (κ2) is 5.12. The fourth-order valence-corrected chi connectivity index (χ4v) is 2.06. The van der Waals surface area contributed by atoms with E-state index in [4.69, 9.17) is 5.11 Å². The number of likely N-dealkylation sites (tertiary alicyclic amines) is 1. The predicted molar refractivity (Wildman–Crippen MR) is 62.7 cm³/mol. The predicted octanol–water partition coefficient (Wildman–Crippen LogP) is 2.06. The van der Waals surface area contributed by atoms with Crippen LogP contribution in [-0.4, -0.2) is 35.4 Å². The average Bonchev–Trinajstić information content (AvgIpc) is 2.80. The van der Waals surface area contributed by atoms with Gasteiger partial charge in [-0.05, 0) is 50.2 Å². The number of benzene rings is 1. The van der Waals surface area contributed by atoms with Crippen molar-refractivity contribution in [3.8, 4) is 5.75 Å². The molecule has 0 radical (unpaired) electrons. The summed E-state index contributed by atoms with van der Waals surface area (Å²) < 4.78 is 0. The van der Waals surface area contributed by atoms with Crippen LogP contribution in [0.4, 0.5) is 0 Å². The molecule has 1 aromatic carbocycles. The summed E-state index contributed by atoms with van der Waals surface area (Å²) in [5.74, 6) is 0.364. The number of ketones is 1. The molecule has 0 aliphatic carbocycles. The lowest BCUT2D eigenvalue weighted by molar-refractivity contribution is 0.0969. The number of carbonyl (C=O) groups excluding carboxylic acids is 1. The van der Waals surface area contributed by atoms with Gasteiger partial charge in [-0.3, -0.25) is 4.79 Å². The van der Waals surface area contributed by atoms with Gasteiger partial charge >= 0.3 is 0 Å². The lowest BCUT2D eigenvalue weighted by Gasteiger charge is -2.13. The van der Waals surface area contributed by atoms with E-state index in [2.05, 4.69) is 4.90 Å². The molecule has 0 unspecified atom stereocenters. The highest BCUT2D eigenvalue weighted by atomic mass is 16.3. The van der Waals surface area contributed by atoms with Crippen LogP contribution in [0.1, 0.15) is 29.6 Å². The zero-order chi connectivity index (χ0) is 11.4. The Bertz CT molecular complexity index is 353. The first kappa shape index (κ1) is 11.1. The van der Waals surface area contributed by atoms with Gasteiger partial charge in [0.15, 0.2) is 5.78 Å². The molecule has 0 atom stereocenters. The molecule has 0 aromatic heterocycles. The Morgan fingerprint density at radius 1 is 1.19 bits per heavy atom. The Labute approximate surface area is 95.7 Å². The van der Waals surface area contributed by atoms with Crippen molar-refractivity contribution in [3.63, 3.8) is 0 Å². The molecule has 1 aromatic rings. The van der Waals surface area contributed by atoms with Gasteiger partial charge in [-0.2, -0.15) is 0 Å². The van der Waals surface area contributed by atoms with Crippen molar-refractivity contribution in [3.05, 3.63) is 29.8 Å². The van der Waals surface area contributed by atoms with Crippen LogP contribution in [0.2, 0.25) is 0 Å². The lowest BCUT2D eigenvalue weighted by Crippen LogP contribution is -2.22. The van der Waals surface area contributed by atoms with E-state index >= 15 is 0 Å². The highest BCUT2D eigenvalue weighted by Crippen LogP contribution is 2.13. The second-order valence-corrected chi connectivity index (χ2v) is 4.27. The first-order valence-corrected chi connectivity index (χ1v) is 5.80. The maximum absolute atomic E-state index is 11.8. The van der Waals surface area contributed by atoms with Crippen molar-refractivity contribution in [1.29, 1.82) is 0 Å². The number of nitrogens with zero attached hydrogens (tertiary/aromatic N) is 1. The Morgan fingerprint density at radius 2 is 1.81 bits per heavy atom. The largest absolute Gasteiger partial charge is 0.508 e. The Morgan fingerprint density at radius 3 is 2.44 bits per heavy atom. The van der Waals surface area contributed by atoms with Crippen molar-refractivity contribution in [1.82, 2.24) is 4.90 Å². The fraction of sp³-hybridized carbons (Fsp3) is 0.462. The summed E-state index contributed by atoms with van der Waals surface area (Å²) in [5.41, 5.74) is 0.692. The summed E-state index contributed by atoms with van der Waals surface area (Å²) in [6.07, 6.45) is 3.09. The molecule has 1 N–H and O–H groups in total. The van der Waals surface area contributed by atoms with E-state index < -0.39 is 0 Å². The van der Waals surface area contributed by atoms with Gasteiger partial charge in [-0.25, -0.2) is 0 Å². The Kier molecular flexibility index (Phi) is 3.57. The third kappa shape index (κ3) is 2.83. The minimum atomic E-state index is 0.159. The molecule has 86 valence electrons. The van der Waals surface area contributed by atoms with Crippen LogP contribution in [0, 0.1) is 0 Å². The van der Waals surface area contributed by atoms with Crippen LogP contribution in [0.3, 0.4) is 0 Å². The molecule has 0 amide bonds. The quantitative estimate of drug-likeness (QED) is 0.788. The number of Topliss-reactive ketones (excluding diaryl/α,β-unsaturated/α-hetero) is 1. The van der Waals surface area contributed by atoms with Gasteiger partial charge in [0.1, 0.15) is 5.75 Å². The molecular formula is C13H17NO2. The van der Waals surface area contributed by atoms with Gasteiger partial charge in [0.2, 0.25) is 0 Å². The zero-order valence-electron chi connectivity index (χ0n) is 9.35. The van der Waals surface area contributed by atoms with E-state index in [-0.39, 0.29) is 11.5 Å². The molecule has 3 nitrogen and oxygen atoms in total. The van der Waals surface area contributed by atoms with Crippen molar-refractivity contribution in [2.45, 2.75) is 19.3 Å². The number of hydrogen-bond donors (Lipinski definition) is 1. The molecule has 0 spiro atoms. The summed E-state index contributed by atoms with van der Waals surface area (Å²) in [7, 11) is 0. The van der Waals surface area contributed by atoms with Crippen molar-refractivity contribution in [2.75, 3.05) is 19.6 Å². The minimum absolute atomic E-state index is 0.159.